The van der Waals surface area contributed by atoms with E-state index < -0.39 is 0 Å². The van der Waals surface area contributed by atoms with Crippen molar-refractivity contribution in [3.05, 3.63) is 35.6 Å². The van der Waals surface area contributed by atoms with E-state index in [1.807, 2.05) is 12.1 Å². The van der Waals surface area contributed by atoms with Crippen LogP contribution in [0, 0.1) is 11.7 Å². The summed E-state index contributed by atoms with van der Waals surface area (Å²) in [5, 5.41) is 0. The molecule has 1 aliphatic heterocycles. The van der Waals surface area contributed by atoms with Gasteiger partial charge in [-0.1, -0.05) is 25.1 Å². The average Bonchev–Trinajstić information content (AvgIpc) is 2.33. The first-order chi connectivity index (χ1) is 8.22. The van der Waals surface area contributed by atoms with Gasteiger partial charge in [-0.2, -0.15) is 0 Å². The zero-order valence-corrected chi connectivity index (χ0v) is 10.4. The Morgan fingerprint density at radius 1 is 1.47 bits per heavy atom. The van der Waals surface area contributed by atoms with Gasteiger partial charge in [-0.3, -0.25) is 4.90 Å². The zero-order valence-electron chi connectivity index (χ0n) is 10.4. The van der Waals surface area contributed by atoms with Crippen molar-refractivity contribution in [3.63, 3.8) is 0 Å². The highest BCUT2D eigenvalue weighted by Gasteiger charge is 2.25. The lowest BCUT2D eigenvalue weighted by Gasteiger charge is -2.37. The van der Waals surface area contributed by atoms with Gasteiger partial charge in [0.05, 0.1) is 0 Å². The van der Waals surface area contributed by atoms with E-state index in [-0.39, 0.29) is 11.9 Å². The molecular weight excluding hydrogens is 215 g/mol. The summed E-state index contributed by atoms with van der Waals surface area (Å²) in [6.45, 7) is 4.78. The summed E-state index contributed by atoms with van der Waals surface area (Å²) < 4.78 is 13.8. The summed E-state index contributed by atoms with van der Waals surface area (Å²) in [4.78, 5) is 2.33. The van der Waals surface area contributed by atoms with Crippen molar-refractivity contribution >= 4 is 0 Å². The molecular formula is C14H21FN2. The minimum absolute atomic E-state index is 0.0268. The van der Waals surface area contributed by atoms with Crippen molar-refractivity contribution in [1.82, 2.24) is 4.90 Å². The fraction of sp³-hybridized carbons (Fsp3) is 0.571. The fourth-order valence-corrected chi connectivity index (χ4v) is 2.73. The highest BCUT2D eigenvalue weighted by atomic mass is 19.1. The fourth-order valence-electron chi connectivity index (χ4n) is 2.73. The molecule has 1 heterocycles. The van der Waals surface area contributed by atoms with Gasteiger partial charge < -0.3 is 5.73 Å². The Morgan fingerprint density at radius 3 is 2.88 bits per heavy atom. The number of likely N-dealkylation sites (tertiary alicyclic amines) is 1. The normalized spacial score (nSPS) is 23.6. The molecule has 0 saturated carbocycles. The van der Waals surface area contributed by atoms with Crippen LogP contribution in [-0.4, -0.2) is 24.5 Å². The smallest absolute Gasteiger partial charge is 0.128 e. The number of piperidine rings is 1. The molecule has 0 aromatic heterocycles. The topological polar surface area (TPSA) is 29.3 Å². The molecule has 17 heavy (non-hydrogen) atoms. The van der Waals surface area contributed by atoms with Gasteiger partial charge in [0.15, 0.2) is 0 Å². The minimum atomic E-state index is -0.138. The van der Waals surface area contributed by atoms with E-state index in [2.05, 4.69) is 11.8 Å². The third kappa shape index (κ3) is 2.85. The molecule has 0 spiro atoms. The number of halogens is 1. The van der Waals surface area contributed by atoms with Gasteiger partial charge in [-0.15, -0.1) is 0 Å². The maximum atomic E-state index is 13.8. The average molecular weight is 236 g/mol. The molecule has 0 unspecified atom stereocenters. The predicted molar refractivity (Wildman–Crippen MR) is 68.2 cm³/mol. The number of hydrogen-bond donors (Lipinski definition) is 1. The van der Waals surface area contributed by atoms with Crippen LogP contribution in [0.2, 0.25) is 0 Å². The Hall–Kier alpha value is -0.930. The number of nitrogens with zero attached hydrogens (tertiary/aromatic N) is 1. The van der Waals surface area contributed by atoms with E-state index in [0.29, 0.717) is 12.5 Å². The van der Waals surface area contributed by atoms with Crippen LogP contribution < -0.4 is 5.73 Å². The van der Waals surface area contributed by atoms with E-state index in [4.69, 9.17) is 5.73 Å². The molecule has 1 fully saturated rings. The molecule has 0 bridgehead atoms. The third-order valence-corrected chi connectivity index (χ3v) is 3.62. The van der Waals surface area contributed by atoms with E-state index in [9.17, 15) is 4.39 Å². The number of benzene rings is 1. The van der Waals surface area contributed by atoms with Gasteiger partial charge in [0.1, 0.15) is 5.82 Å². The lowest BCUT2D eigenvalue weighted by molar-refractivity contribution is 0.131. The van der Waals surface area contributed by atoms with Gasteiger partial charge in [0.2, 0.25) is 0 Å². The SMILES string of the molecule is C[C@@H]1CCCN([C@@H](CN)c2ccccc2F)C1. The summed E-state index contributed by atoms with van der Waals surface area (Å²) in [5.41, 5.74) is 6.58. The maximum absolute atomic E-state index is 13.8. The molecule has 1 aromatic carbocycles. The second kappa shape index (κ2) is 5.61. The molecule has 0 radical (unpaired) electrons. The van der Waals surface area contributed by atoms with Crippen molar-refractivity contribution in [2.75, 3.05) is 19.6 Å². The van der Waals surface area contributed by atoms with E-state index in [1.165, 1.54) is 18.9 Å². The summed E-state index contributed by atoms with van der Waals surface area (Å²) in [6, 6.07) is 7.01. The molecule has 94 valence electrons. The molecule has 1 saturated heterocycles. The van der Waals surface area contributed by atoms with Crippen molar-refractivity contribution in [3.8, 4) is 0 Å². The van der Waals surface area contributed by atoms with Gasteiger partial charge in [-0.05, 0) is 31.4 Å². The number of rotatable bonds is 3. The van der Waals surface area contributed by atoms with Crippen LogP contribution in [0.5, 0.6) is 0 Å². The molecule has 3 heteroatoms. The molecule has 2 atom stereocenters. The highest BCUT2D eigenvalue weighted by Crippen LogP contribution is 2.27. The summed E-state index contributed by atoms with van der Waals surface area (Å²) in [6.07, 6.45) is 2.46. The van der Waals surface area contributed by atoms with Crippen LogP contribution in [0.3, 0.4) is 0 Å². The minimum Gasteiger partial charge on any atom is -0.329 e. The van der Waals surface area contributed by atoms with E-state index in [1.54, 1.807) is 6.07 Å². The van der Waals surface area contributed by atoms with Crippen LogP contribution >= 0.6 is 0 Å². The van der Waals surface area contributed by atoms with Crippen LogP contribution in [0.15, 0.2) is 24.3 Å². The Labute approximate surface area is 103 Å². The lowest BCUT2D eigenvalue weighted by Crippen LogP contribution is -2.40. The highest BCUT2D eigenvalue weighted by molar-refractivity contribution is 5.21. The Kier molecular flexibility index (Phi) is 4.13. The molecule has 1 aromatic rings. The molecule has 2 N–H and O–H groups in total. The second-order valence-corrected chi connectivity index (χ2v) is 5.02. The van der Waals surface area contributed by atoms with Crippen LogP contribution in [0.1, 0.15) is 31.4 Å². The van der Waals surface area contributed by atoms with Crippen molar-refractivity contribution in [1.29, 1.82) is 0 Å². The Bertz CT molecular complexity index is 367. The zero-order chi connectivity index (χ0) is 12.3. The quantitative estimate of drug-likeness (QED) is 0.874. The first-order valence-electron chi connectivity index (χ1n) is 6.41. The molecule has 2 rings (SSSR count). The van der Waals surface area contributed by atoms with E-state index in [0.717, 1.165) is 18.7 Å². The second-order valence-electron chi connectivity index (χ2n) is 5.02. The predicted octanol–water partition coefficient (Wildman–Crippen LogP) is 2.56. The van der Waals surface area contributed by atoms with Crippen LogP contribution in [-0.2, 0) is 0 Å². The largest absolute Gasteiger partial charge is 0.329 e. The van der Waals surface area contributed by atoms with Gasteiger partial charge in [-0.25, -0.2) is 4.39 Å². The lowest BCUT2D eigenvalue weighted by atomic mass is 9.96. The number of hydrogen-bond acceptors (Lipinski definition) is 2. The Balaban J connectivity index is 2.18. The van der Waals surface area contributed by atoms with Crippen molar-refractivity contribution in [2.45, 2.75) is 25.8 Å². The summed E-state index contributed by atoms with van der Waals surface area (Å²) in [5.74, 6) is 0.547. The monoisotopic (exact) mass is 236 g/mol. The molecule has 0 amide bonds. The van der Waals surface area contributed by atoms with Gasteiger partial charge in [0.25, 0.3) is 0 Å². The third-order valence-electron chi connectivity index (χ3n) is 3.62. The molecule has 1 aliphatic rings. The van der Waals surface area contributed by atoms with Crippen LogP contribution in [0.4, 0.5) is 4.39 Å². The van der Waals surface area contributed by atoms with Gasteiger partial charge >= 0.3 is 0 Å². The Morgan fingerprint density at radius 2 is 2.24 bits per heavy atom. The van der Waals surface area contributed by atoms with Crippen molar-refractivity contribution in [2.24, 2.45) is 11.7 Å². The number of nitrogens with two attached hydrogens (primary N) is 1. The van der Waals surface area contributed by atoms with Crippen molar-refractivity contribution < 1.29 is 4.39 Å². The molecule has 0 aliphatic carbocycles. The summed E-state index contributed by atoms with van der Waals surface area (Å²) in [7, 11) is 0. The first kappa shape index (κ1) is 12.5. The van der Waals surface area contributed by atoms with Gasteiger partial charge in [0, 0.05) is 24.7 Å². The molecule has 2 nitrogen and oxygen atoms in total. The standard InChI is InChI=1S/C14H21FN2/c1-11-5-4-8-17(10-11)14(9-16)12-6-2-3-7-13(12)15/h2-3,6-7,11,14H,4-5,8-10,16H2,1H3/t11-,14+/m1/s1. The maximum Gasteiger partial charge on any atom is 0.128 e. The first-order valence-corrected chi connectivity index (χ1v) is 6.41. The summed E-state index contributed by atoms with van der Waals surface area (Å²) >= 11 is 0. The van der Waals surface area contributed by atoms with Crippen LogP contribution in [0.25, 0.3) is 0 Å². The van der Waals surface area contributed by atoms with E-state index >= 15 is 0 Å².